The van der Waals surface area contributed by atoms with E-state index in [0.29, 0.717) is 37.5 Å². The molecule has 8 nitrogen and oxygen atoms in total. The van der Waals surface area contributed by atoms with Crippen LogP contribution in [0.15, 0.2) is 18.2 Å². The topological polar surface area (TPSA) is 105 Å². The van der Waals surface area contributed by atoms with E-state index in [0.717, 1.165) is 37.4 Å². The molecule has 29 heavy (non-hydrogen) atoms. The SMILES string of the molecule is NCC1CN(Cc2cccc3c2C(=O)N(C2CCC(=O)NC2=O)C3)CC12COC2. The number of nitrogens with one attached hydrogen (secondary N) is 1. The molecular formula is C21H26N4O4. The lowest BCUT2D eigenvalue weighted by Crippen LogP contribution is -2.52. The third-order valence-corrected chi connectivity index (χ3v) is 6.98. The van der Waals surface area contributed by atoms with Crippen molar-refractivity contribution in [3.05, 3.63) is 34.9 Å². The van der Waals surface area contributed by atoms with Crippen LogP contribution in [0.3, 0.4) is 0 Å². The number of carbonyl (C=O) groups is 3. The molecule has 2 atom stereocenters. The van der Waals surface area contributed by atoms with E-state index >= 15 is 0 Å². The molecule has 1 aromatic carbocycles. The molecule has 3 saturated heterocycles. The minimum atomic E-state index is -0.579. The minimum Gasteiger partial charge on any atom is -0.380 e. The molecular weight excluding hydrogens is 372 g/mol. The van der Waals surface area contributed by atoms with Crippen LogP contribution in [-0.2, 0) is 27.4 Å². The quantitative estimate of drug-likeness (QED) is 0.684. The second-order valence-electron chi connectivity index (χ2n) is 8.81. The molecule has 154 valence electrons. The lowest BCUT2D eigenvalue weighted by Gasteiger charge is -2.42. The predicted molar refractivity (Wildman–Crippen MR) is 104 cm³/mol. The maximum atomic E-state index is 13.2. The van der Waals surface area contributed by atoms with E-state index in [2.05, 4.69) is 10.2 Å². The van der Waals surface area contributed by atoms with Gasteiger partial charge < -0.3 is 15.4 Å². The van der Waals surface area contributed by atoms with E-state index in [-0.39, 0.29) is 29.6 Å². The summed E-state index contributed by atoms with van der Waals surface area (Å²) in [7, 11) is 0. The van der Waals surface area contributed by atoms with Crippen LogP contribution in [-0.4, -0.2) is 66.4 Å². The van der Waals surface area contributed by atoms with Gasteiger partial charge in [-0.3, -0.25) is 24.6 Å². The van der Waals surface area contributed by atoms with Crippen molar-refractivity contribution in [2.75, 3.05) is 32.8 Å². The van der Waals surface area contributed by atoms with Crippen molar-refractivity contribution < 1.29 is 19.1 Å². The molecule has 0 radical (unpaired) electrons. The van der Waals surface area contributed by atoms with Gasteiger partial charge in [-0.05, 0) is 30.0 Å². The summed E-state index contributed by atoms with van der Waals surface area (Å²) in [6.07, 6.45) is 0.647. The molecule has 8 heteroatoms. The Labute approximate surface area is 169 Å². The predicted octanol–water partition coefficient (Wildman–Crippen LogP) is -0.145. The third kappa shape index (κ3) is 2.97. The maximum absolute atomic E-state index is 13.2. The zero-order chi connectivity index (χ0) is 20.2. The smallest absolute Gasteiger partial charge is 0.255 e. The molecule has 4 aliphatic rings. The van der Waals surface area contributed by atoms with Gasteiger partial charge in [-0.1, -0.05) is 18.2 Å². The number of hydrogen-bond acceptors (Lipinski definition) is 6. The number of carbonyl (C=O) groups excluding carboxylic acids is 3. The van der Waals surface area contributed by atoms with Crippen molar-refractivity contribution in [3.63, 3.8) is 0 Å². The molecule has 0 saturated carbocycles. The van der Waals surface area contributed by atoms with Crippen LogP contribution in [0.1, 0.15) is 34.3 Å². The summed E-state index contributed by atoms with van der Waals surface area (Å²) in [6.45, 7) is 5.13. The fourth-order valence-electron chi connectivity index (χ4n) is 5.34. The molecule has 1 spiro atoms. The number of rotatable bonds is 4. The van der Waals surface area contributed by atoms with Gasteiger partial charge in [-0.15, -0.1) is 0 Å². The van der Waals surface area contributed by atoms with E-state index in [4.69, 9.17) is 10.5 Å². The van der Waals surface area contributed by atoms with Crippen molar-refractivity contribution in [1.82, 2.24) is 15.1 Å². The molecule has 2 unspecified atom stereocenters. The summed E-state index contributed by atoms with van der Waals surface area (Å²) in [4.78, 5) is 41.0. The fourth-order valence-corrected chi connectivity index (χ4v) is 5.34. The highest BCUT2D eigenvalue weighted by atomic mass is 16.5. The van der Waals surface area contributed by atoms with E-state index in [1.165, 1.54) is 0 Å². The summed E-state index contributed by atoms with van der Waals surface area (Å²) < 4.78 is 5.48. The Hall–Kier alpha value is -2.29. The average Bonchev–Trinajstić information content (AvgIpc) is 3.21. The first kappa shape index (κ1) is 18.7. The van der Waals surface area contributed by atoms with Gasteiger partial charge in [0.2, 0.25) is 11.8 Å². The van der Waals surface area contributed by atoms with Gasteiger partial charge in [0.25, 0.3) is 5.91 Å². The first-order chi connectivity index (χ1) is 14.0. The maximum Gasteiger partial charge on any atom is 0.255 e. The monoisotopic (exact) mass is 398 g/mol. The van der Waals surface area contributed by atoms with Crippen LogP contribution in [0, 0.1) is 11.3 Å². The van der Waals surface area contributed by atoms with Crippen molar-refractivity contribution in [2.24, 2.45) is 17.1 Å². The molecule has 3 fully saturated rings. The van der Waals surface area contributed by atoms with Crippen LogP contribution in [0.2, 0.25) is 0 Å². The van der Waals surface area contributed by atoms with Crippen molar-refractivity contribution in [3.8, 4) is 0 Å². The standard InChI is InChI=1S/C21H26N4O4/c22-6-15-9-24(10-21(15)11-29-12-21)7-13-2-1-3-14-8-25(20(28)18(13)14)16-4-5-17(26)23-19(16)27/h1-3,15-16H,4-12,22H2,(H,23,26,27). The Bertz CT molecular complexity index is 881. The van der Waals surface area contributed by atoms with Crippen molar-refractivity contribution in [1.29, 1.82) is 0 Å². The average molecular weight is 398 g/mol. The molecule has 4 heterocycles. The summed E-state index contributed by atoms with van der Waals surface area (Å²) in [6, 6.07) is 5.36. The summed E-state index contributed by atoms with van der Waals surface area (Å²) in [5.74, 6) is -0.334. The Morgan fingerprint density at radius 1 is 1.24 bits per heavy atom. The van der Waals surface area contributed by atoms with Crippen molar-refractivity contribution in [2.45, 2.75) is 32.0 Å². The number of fused-ring (bicyclic) bond motifs is 1. The number of benzene rings is 1. The molecule has 5 rings (SSSR count). The second-order valence-corrected chi connectivity index (χ2v) is 8.81. The van der Waals surface area contributed by atoms with E-state index in [1.54, 1.807) is 4.90 Å². The highest BCUT2D eigenvalue weighted by molar-refractivity contribution is 6.05. The fraction of sp³-hybridized carbons (Fsp3) is 0.571. The number of imide groups is 1. The number of piperidine rings is 1. The van der Waals surface area contributed by atoms with E-state index in [1.807, 2.05) is 18.2 Å². The minimum absolute atomic E-state index is 0.110. The summed E-state index contributed by atoms with van der Waals surface area (Å²) in [5.41, 5.74) is 8.83. The number of nitrogens with two attached hydrogens (primary N) is 1. The largest absolute Gasteiger partial charge is 0.380 e. The molecule has 0 bridgehead atoms. The highest BCUT2D eigenvalue weighted by Gasteiger charge is 2.51. The van der Waals surface area contributed by atoms with Gasteiger partial charge in [0.1, 0.15) is 6.04 Å². The lowest BCUT2D eigenvalue weighted by atomic mass is 9.76. The number of likely N-dealkylation sites (tertiary alicyclic amines) is 1. The van der Waals surface area contributed by atoms with Gasteiger partial charge in [-0.2, -0.15) is 0 Å². The number of hydrogen-bond donors (Lipinski definition) is 2. The Kier molecular flexibility index (Phi) is 4.45. The molecule has 3 amide bonds. The normalized spacial score (nSPS) is 28.6. The first-order valence-corrected chi connectivity index (χ1v) is 10.3. The van der Waals surface area contributed by atoms with Gasteiger partial charge in [-0.25, -0.2) is 0 Å². The number of ether oxygens (including phenoxy) is 1. The molecule has 4 aliphatic heterocycles. The van der Waals surface area contributed by atoms with Crippen LogP contribution < -0.4 is 11.1 Å². The second kappa shape index (κ2) is 6.90. The molecule has 0 aliphatic carbocycles. The van der Waals surface area contributed by atoms with Crippen LogP contribution in [0.5, 0.6) is 0 Å². The molecule has 0 aromatic heterocycles. The van der Waals surface area contributed by atoms with Crippen LogP contribution >= 0.6 is 0 Å². The van der Waals surface area contributed by atoms with Crippen molar-refractivity contribution >= 4 is 17.7 Å². The highest BCUT2D eigenvalue weighted by Crippen LogP contribution is 2.42. The molecule has 1 aromatic rings. The Morgan fingerprint density at radius 2 is 2.07 bits per heavy atom. The van der Waals surface area contributed by atoms with E-state index in [9.17, 15) is 14.4 Å². The van der Waals surface area contributed by atoms with E-state index < -0.39 is 6.04 Å². The van der Waals surface area contributed by atoms with Gasteiger partial charge in [0.15, 0.2) is 0 Å². The van der Waals surface area contributed by atoms with Gasteiger partial charge >= 0.3 is 0 Å². The van der Waals surface area contributed by atoms with Crippen LogP contribution in [0.4, 0.5) is 0 Å². The van der Waals surface area contributed by atoms with Crippen LogP contribution in [0.25, 0.3) is 0 Å². The Balaban J connectivity index is 1.35. The zero-order valence-corrected chi connectivity index (χ0v) is 16.4. The number of nitrogens with zero attached hydrogens (tertiary/aromatic N) is 2. The van der Waals surface area contributed by atoms with Gasteiger partial charge in [0, 0.05) is 43.6 Å². The summed E-state index contributed by atoms with van der Waals surface area (Å²) >= 11 is 0. The zero-order valence-electron chi connectivity index (χ0n) is 16.4. The summed E-state index contributed by atoms with van der Waals surface area (Å²) in [5, 5.41) is 2.36. The lowest BCUT2D eigenvalue weighted by molar-refractivity contribution is -0.136. The molecule has 3 N–H and O–H groups in total. The Morgan fingerprint density at radius 3 is 2.72 bits per heavy atom. The van der Waals surface area contributed by atoms with Gasteiger partial charge in [0.05, 0.1) is 13.2 Å². The first-order valence-electron chi connectivity index (χ1n) is 10.3. The number of amides is 3. The third-order valence-electron chi connectivity index (χ3n) is 6.98.